The Labute approximate surface area is 136 Å². The summed E-state index contributed by atoms with van der Waals surface area (Å²) in [7, 11) is 0. The molecule has 1 saturated heterocycles. The first-order chi connectivity index (χ1) is 11.8. The van der Waals surface area contributed by atoms with Gasteiger partial charge in [0.25, 0.3) is 5.56 Å². The molecule has 4 rings (SSSR count). The standard InChI is InChI=1S/C14H16N8O2/c23-8-10-2-1-4-20(10)12-6-13(16-9-15-12)22-14(24)11(7-18-22)21-5-3-17-19-21/h3,5-7,9-10,18,23H,1-2,4,8H2/t10-/m1/s1. The fraction of sp³-hybridized carbons (Fsp3) is 0.357. The van der Waals surface area contributed by atoms with Crippen molar-refractivity contribution in [3.05, 3.63) is 41.3 Å². The maximum atomic E-state index is 12.5. The summed E-state index contributed by atoms with van der Waals surface area (Å²) < 4.78 is 2.71. The van der Waals surface area contributed by atoms with Gasteiger partial charge in [0.15, 0.2) is 11.5 Å². The van der Waals surface area contributed by atoms with Crippen molar-refractivity contribution in [1.29, 1.82) is 0 Å². The van der Waals surface area contributed by atoms with Gasteiger partial charge in [0.1, 0.15) is 12.1 Å². The zero-order chi connectivity index (χ0) is 16.5. The van der Waals surface area contributed by atoms with Crippen molar-refractivity contribution in [1.82, 2.24) is 34.7 Å². The van der Waals surface area contributed by atoms with Crippen molar-refractivity contribution in [3.8, 4) is 11.5 Å². The molecule has 1 fully saturated rings. The SMILES string of the molecule is O=c1c(-n2ccnn2)c[nH]n1-c1cc(N2CCC[C@@H]2CO)ncn1. The lowest BCUT2D eigenvalue weighted by atomic mass is 10.2. The summed E-state index contributed by atoms with van der Waals surface area (Å²) >= 11 is 0. The van der Waals surface area contributed by atoms with Crippen molar-refractivity contribution in [2.75, 3.05) is 18.1 Å². The molecule has 2 N–H and O–H groups in total. The van der Waals surface area contributed by atoms with E-state index in [0.29, 0.717) is 17.3 Å². The predicted molar refractivity (Wildman–Crippen MR) is 84.4 cm³/mol. The van der Waals surface area contributed by atoms with Crippen LogP contribution in [0.5, 0.6) is 0 Å². The molecule has 124 valence electrons. The molecule has 1 atom stereocenters. The summed E-state index contributed by atoms with van der Waals surface area (Å²) in [6.45, 7) is 0.906. The first kappa shape index (κ1) is 14.6. The highest BCUT2D eigenvalue weighted by molar-refractivity contribution is 5.45. The Hall–Kier alpha value is -3.01. The van der Waals surface area contributed by atoms with Crippen LogP contribution < -0.4 is 10.5 Å². The smallest absolute Gasteiger partial charge is 0.298 e. The van der Waals surface area contributed by atoms with E-state index in [1.165, 1.54) is 21.9 Å². The first-order valence-electron chi connectivity index (χ1n) is 7.65. The van der Waals surface area contributed by atoms with Crippen LogP contribution >= 0.6 is 0 Å². The number of nitrogens with zero attached hydrogens (tertiary/aromatic N) is 7. The number of rotatable bonds is 4. The second-order valence-corrected chi connectivity index (χ2v) is 5.55. The average Bonchev–Trinajstić information content (AvgIpc) is 3.35. The third-order valence-corrected chi connectivity index (χ3v) is 4.17. The topological polar surface area (TPSA) is 118 Å². The van der Waals surface area contributed by atoms with Gasteiger partial charge in [0.05, 0.1) is 31.2 Å². The molecule has 0 saturated carbocycles. The molecule has 10 nitrogen and oxygen atoms in total. The molecule has 0 amide bonds. The zero-order valence-corrected chi connectivity index (χ0v) is 12.8. The van der Waals surface area contributed by atoms with Crippen LogP contribution in [0.4, 0.5) is 5.82 Å². The van der Waals surface area contributed by atoms with Crippen LogP contribution in [0.15, 0.2) is 35.8 Å². The van der Waals surface area contributed by atoms with Crippen molar-refractivity contribution < 1.29 is 5.11 Å². The number of hydrogen-bond acceptors (Lipinski definition) is 7. The summed E-state index contributed by atoms with van der Waals surface area (Å²) in [5.74, 6) is 1.13. The number of aliphatic hydroxyl groups excluding tert-OH is 1. The molecule has 3 aromatic rings. The molecule has 10 heteroatoms. The van der Waals surface area contributed by atoms with Crippen LogP contribution in [-0.2, 0) is 0 Å². The van der Waals surface area contributed by atoms with Gasteiger partial charge in [-0.3, -0.25) is 9.89 Å². The molecule has 0 aromatic carbocycles. The lowest BCUT2D eigenvalue weighted by Gasteiger charge is -2.24. The Kier molecular flexibility index (Phi) is 3.58. The van der Waals surface area contributed by atoms with Gasteiger partial charge in [0, 0.05) is 12.6 Å². The van der Waals surface area contributed by atoms with Crippen LogP contribution in [-0.4, -0.2) is 59.0 Å². The highest BCUT2D eigenvalue weighted by Gasteiger charge is 2.25. The number of hydrogen-bond donors (Lipinski definition) is 2. The van der Waals surface area contributed by atoms with Gasteiger partial charge in [-0.15, -0.1) is 5.10 Å². The van der Waals surface area contributed by atoms with E-state index in [0.717, 1.165) is 19.4 Å². The van der Waals surface area contributed by atoms with Gasteiger partial charge < -0.3 is 10.0 Å². The van der Waals surface area contributed by atoms with E-state index in [-0.39, 0.29) is 18.2 Å². The maximum Gasteiger partial charge on any atom is 0.298 e. The van der Waals surface area contributed by atoms with Crippen LogP contribution in [0.25, 0.3) is 11.5 Å². The minimum atomic E-state index is -0.287. The number of H-pyrrole nitrogens is 1. The van der Waals surface area contributed by atoms with Gasteiger partial charge in [-0.1, -0.05) is 5.21 Å². The molecular weight excluding hydrogens is 312 g/mol. The molecule has 0 unspecified atom stereocenters. The minimum absolute atomic E-state index is 0.0545. The Morgan fingerprint density at radius 3 is 3.00 bits per heavy atom. The third-order valence-electron chi connectivity index (χ3n) is 4.17. The molecule has 1 aliphatic rings. The molecule has 24 heavy (non-hydrogen) atoms. The van der Waals surface area contributed by atoms with Gasteiger partial charge in [-0.25, -0.2) is 14.6 Å². The Balaban J connectivity index is 1.71. The summed E-state index contributed by atoms with van der Waals surface area (Å²) in [4.78, 5) is 23.0. The fourth-order valence-corrected chi connectivity index (χ4v) is 2.98. The number of aromatic nitrogens is 7. The number of anilines is 1. The Bertz CT molecular complexity index is 884. The lowest BCUT2D eigenvalue weighted by Crippen LogP contribution is -2.33. The van der Waals surface area contributed by atoms with E-state index in [1.807, 2.05) is 4.90 Å². The average molecular weight is 328 g/mol. The normalized spacial score (nSPS) is 17.5. The molecule has 0 radical (unpaired) electrons. The van der Waals surface area contributed by atoms with Gasteiger partial charge in [-0.2, -0.15) is 4.68 Å². The molecule has 3 aromatic heterocycles. The number of nitrogens with one attached hydrogen (secondary N) is 1. The highest BCUT2D eigenvalue weighted by atomic mass is 16.3. The van der Waals surface area contributed by atoms with Crippen LogP contribution in [0, 0.1) is 0 Å². The lowest BCUT2D eigenvalue weighted by molar-refractivity contribution is 0.266. The van der Waals surface area contributed by atoms with Gasteiger partial charge in [-0.05, 0) is 12.8 Å². The predicted octanol–water partition coefficient (Wildman–Crippen LogP) is -0.503. The second-order valence-electron chi connectivity index (χ2n) is 5.55. The molecule has 1 aliphatic heterocycles. The van der Waals surface area contributed by atoms with Gasteiger partial charge >= 0.3 is 0 Å². The van der Waals surface area contributed by atoms with Crippen LogP contribution in [0.2, 0.25) is 0 Å². The summed E-state index contributed by atoms with van der Waals surface area (Å²) in [6, 6.07) is 1.79. The minimum Gasteiger partial charge on any atom is -0.394 e. The third kappa shape index (κ3) is 2.36. The monoisotopic (exact) mass is 328 g/mol. The molecular formula is C14H16N8O2. The number of aliphatic hydroxyl groups is 1. The maximum absolute atomic E-state index is 12.5. The summed E-state index contributed by atoms with van der Waals surface area (Å²) in [5.41, 5.74) is 0.0624. The van der Waals surface area contributed by atoms with E-state index in [9.17, 15) is 9.90 Å². The summed E-state index contributed by atoms with van der Waals surface area (Å²) in [6.07, 6.45) is 7.99. The van der Waals surface area contributed by atoms with Gasteiger partial charge in [0.2, 0.25) is 0 Å². The van der Waals surface area contributed by atoms with Crippen LogP contribution in [0.3, 0.4) is 0 Å². The van der Waals surface area contributed by atoms with E-state index in [2.05, 4.69) is 25.4 Å². The summed E-state index contributed by atoms with van der Waals surface area (Å²) in [5, 5.41) is 19.9. The van der Waals surface area contributed by atoms with E-state index >= 15 is 0 Å². The highest BCUT2D eigenvalue weighted by Crippen LogP contribution is 2.23. The Morgan fingerprint density at radius 1 is 1.33 bits per heavy atom. The van der Waals surface area contributed by atoms with Crippen molar-refractivity contribution in [2.45, 2.75) is 18.9 Å². The molecule has 4 heterocycles. The molecule has 0 aliphatic carbocycles. The quantitative estimate of drug-likeness (QED) is 0.662. The van der Waals surface area contributed by atoms with Crippen molar-refractivity contribution >= 4 is 5.82 Å². The first-order valence-corrected chi connectivity index (χ1v) is 7.65. The number of aromatic amines is 1. The van der Waals surface area contributed by atoms with E-state index in [1.54, 1.807) is 18.5 Å². The molecule has 0 spiro atoms. The van der Waals surface area contributed by atoms with Crippen molar-refractivity contribution in [2.24, 2.45) is 0 Å². The van der Waals surface area contributed by atoms with Crippen molar-refractivity contribution in [3.63, 3.8) is 0 Å². The fourth-order valence-electron chi connectivity index (χ4n) is 2.98. The largest absolute Gasteiger partial charge is 0.394 e. The Morgan fingerprint density at radius 2 is 2.21 bits per heavy atom. The van der Waals surface area contributed by atoms with E-state index < -0.39 is 0 Å². The zero-order valence-electron chi connectivity index (χ0n) is 12.8. The second kappa shape index (κ2) is 5.89. The van der Waals surface area contributed by atoms with Crippen LogP contribution in [0.1, 0.15) is 12.8 Å². The van der Waals surface area contributed by atoms with E-state index in [4.69, 9.17) is 0 Å². The molecule has 0 bridgehead atoms.